The molecular weight excluding hydrogens is 576 g/mol. The van der Waals surface area contributed by atoms with Crippen LogP contribution in [0.15, 0.2) is 146 Å². The Bertz CT molecular complexity index is 1790. The summed E-state index contributed by atoms with van der Waals surface area (Å²) >= 11 is 0. The van der Waals surface area contributed by atoms with Gasteiger partial charge in [0.2, 0.25) is 0 Å². The first-order chi connectivity index (χ1) is 23.1. The Balaban J connectivity index is 1.12. The molecule has 0 aliphatic heterocycles. The Morgan fingerprint density at radius 2 is 0.809 bits per heavy atom. The molecule has 234 valence electrons. The van der Waals surface area contributed by atoms with E-state index < -0.39 is 5.41 Å². The van der Waals surface area contributed by atoms with Crippen LogP contribution in [0.5, 0.6) is 11.5 Å². The van der Waals surface area contributed by atoms with E-state index in [9.17, 15) is 0 Å². The average Bonchev–Trinajstić information content (AvgIpc) is 3.42. The third kappa shape index (κ3) is 6.19. The summed E-state index contributed by atoms with van der Waals surface area (Å²) in [5.41, 5.74) is 23.1. The second-order valence-corrected chi connectivity index (χ2v) is 12.3. The van der Waals surface area contributed by atoms with Gasteiger partial charge >= 0.3 is 0 Å². The molecule has 0 bridgehead atoms. The first kappa shape index (κ1) is 30.2. The van der Waals surface area contributed by atoms with Gasteiger partial charge in [0.15, 0.2) is 0 Å². The van der Waals surface area contributed by atoms with Crippen molar-refractivity contribution in [3.63, 3.8) is 0 Å². The highest BCUT2D eigenvalue weighted by Crippen LogP contribution is 2.55. The van der Waals surface area contributed by atoms with Crippen LogP contribution in [0.1, 0.15) is 46.2 Å². The predicted octanol–water partition coefficient (Wildman–Crippen LogP) is 9.24. The van der Waals surface area contributed by atoms with E-state index in [1.165, 1.54) is 44.5 Å². The summed E-state index contributed by atoms with van der Waals surface area (Å²) in [5.74, 6) is 1.71. The monoisotopic (exact) mass is 616 g/mol. The lowest BCUT2D eigenvalue weighted by molar-refractivity contribution is 0.311. The number of fused-ring (bicyclic) bond motifs is 3. The van der Waals surface area contributed by atoms with Crippen molar-refractivity contribution >= 4 is 11.4 Å². The summed E-state index contributed by atoms with van der Waals surface area (Å²) in [4.78, 5) is 0. The second kappa shape index (κ2) is 13.5. The maximum atomic E-state index is 5.94. The molecule has 4 N–H and O–H groups in total. The highest BCUT2D eigenvalue weighted by molar-refractivity contribution is 5.86. The minimum absolute atomic E-state index is 0.402. The minimum Gasteiger partial charge on any atom is -0.494 e. The van der Waals surface area contributed by atoms with Gasteiger partial charge in [-0.05, 0) is 119 Å². The summed E-state index contributed by atoms with van der Waals surface area (Å²) in [7, 11) is 0. The zero-order valence-corrected chi connectivity index (χ0v) is 26.6. The van der Waals surface area contributed by atoms with Crippen LogP contribution in [0.4, 0.5) is 11.4 Å². The smallest absolute Gasteiger partial charge is 0.119 e. The van der Waals surface area contributed by atoms with E-state index in [1.54, 1.807) is 0 Å². The van der Waals surface area contributed by atoms with Crippen molar-refractivity contribution in [1.82, 2.24) is 0 Å². The lowest BCUT2D eigenvalue weighted by atomic mass is 9.67. The fourth-order valence-electron chi connectivity index (χ4n) is 6.93. The van der Waals surface area contributed by atoms with Gasteiger partial charge in [0.25, 0.3) is 0 Å². The molecule has 1 aliphatic carbocycles. The summed E-state index contributed by atoms with van der Waals surface area (Å²) in [6.07, 6.45) is 3.78. The molecule has 0 fully saturated rings. The van der Waals surface area contributed by atoms with E-state index in [4.69, 9.17) is 20.9 Å². The van der Waals surface area contributed by atoms with Crippen molar-refractivity contribution < 1.29 is 9.47 Å². The number of anilines is 2. The van der Waals surface area contributed by atoms with E-state index in [1.807, 2.05) is 48.5 Å². The van der Waals surface area contributed by atoms with Crippen LogP contribution in [0.25, 0.3) is 11.1 Å². The van der Waals surface area contributed by atoms with Crippen LogP contribution in [-0.4, -0.2) is 13.2 Å². The summed E-state index contributed by atoms with van der Waals surface area (Å²) in [6, 6.07) is 51.4. The minimum atomic E-state index is -0.402. The Labute approximate surface area is 277 Å². The van der Waals surface area contributed by atoms with E-state index >= 15 is 0 Å². The highest BCUT2D eigenvalue weighted by atomic mass is 16.5. The molecule has 0 atom stereocenters. The van der Waals surface area contributed by atoms with Crippen LogP contribution < -0.4 is 20.9 Å². The van der Waals surface area contributed by atoms with Crippen LogP contribution in [0.2, 0.25) is 0 Å². The zero-order valence-electron chi connectivity index (χ0n) is 26.6. The fraction of sp³-hybridized carbons (Fsp3) is 0.163. The molecule has 47 heavy (non-hydrogen) atoms. The number of rotatable bonds is 12. The van der Waals surface area contributed by atoms with Crippen molar-refractivity contribution in [2.75, 3.05) is 24.7 Å². The molecule has 4 heteroatoms. The largest absolute Gasteiger partial charge is 0.494 e. The molecule has 6 aromatic rings. The molecule has 0 heterocycles. The number of aryl methyl sites for hydroxylation is 2. The lowest BCUT2D eigenvalue weighted by Gasteiger charge is -2.34. The van der Waals surface area contributed by atoms with Crippen LogP contribution >= 0.6 is 0 Å². The normalized spacial score (nSPS) is 12.7. The third-order valence-corrected chi connectivity index (χ3v) is 9.24. The van der Waals surface area contributed by atoms with Crippen molar-refractivity contribution in [2.45, 2.75) is 31.1 Å². The van der Waals surface area contributed by atoms with Gasteiger partial charge in [-0.1, -0.05) is 97.1 Å². The quantitative estimate of drug-likeness (QED) is 0.106. The van der Waals surface area contributed by atoms with Gasteiger partial charge in [0.1, 0.15) is 11.5 Å². The molecule has 0 amide bonds. The van der Waals surface area contributed by atoms with Gasteiger partial charge in [-0.25, -0.2) is 0 Å². The summed E-state index contributed by atoms with van der Waals surface area (Å²) in [6.45, 7) is 1.33. The number of hydrogen-bond donors (Lipinski definition) is 2. The van der Waals surface area contributed by atoms with E-state index in [2.05, 4.69) is 97.1 Å². The maximum Gasteiger partial charge on any atom is 0.119 e. The van der Waals surface area contributed by atoms with E-state index in [0.29, 0.717) is 13.2 Å². The molecule has 0 saturated carbocycles. The molecule has 0 aromatic heterocycles. The molecule has 1 aliphatic rings. The number of nitrogen functional groups attached to an aromatic ring is 2. The summed E-state index contributed by atoms with van der Waals surface area (Å²) < 4.78 is 11.9. The Morgan fingerprint density at radius 3 is 1.21 bits per heavy atom. The highest BCUT2D eigenvalue weighted by Gasteiger charge is 2.45. The number of ether oxygens (including phenoxy) is 2. The molecule has 0 radical (unpaired) electrons. The Kier molecular flexibility index (Phi) is 8.66. The number of hydrogen-bond acceptors (Lipinski definition) is 4. The zero-order chi connectivity index (χ0) is 32.1. The maximum absolute atomic E-state index is 5.94. The Hall–Kier alpha value is -5.48. The van der Waals surface area contributed by atoms with Crippen LogP contribution in [0.3, 0.4) is 0 Å². The SMILES string of the molecule is Nc1ccc(OCCCc2ccc(C3(c4ccc(CCCOc5ccc(N)cc5)cc4)c4ccccc4-c4ccccc43)cc2)cc1. The van der Waals surface area contributed by atoms with Crippen LogP contribution in [-0.2, 0) is 18.3 Å². The van der Waals surface area contributed by atoms with E-state index in [-0.39, 0.29) is 0 Å². The number of nitrogens with two attached hydrogens (primary N) is 2. The van der Waals surface area contributed by atoms with Gasteiger partial charge in [-0.15, -0.1) is 0 Å². The third-order valence-electron chi connectivity index (χ3n) is 9.24. The molecule has 0 spiro atoms. The van der Waals surface area contributed by atoms with Gasteiger partial charge in [-0.3, -0.25) is 0 Å². The molecular formula is C43H40N2O2. The molecule has 0 saturated heterocycles. The molecule has 7 rings (SSSR count). The predicted molar refractivity (Wildman–Crippen MR) is 193 cm³/mol. The first-order valence-corrected chi connectivity index (χ1v) is 16.5. The number of benzene rings is 6. The van der Waals surface area contributed by atoms with Crippen LogP contribution in [0, 0.1) is 0 Å². The van der Waals surface area contributed by atoms with Crippen molar-refractivity contribution in [1.29, 1.82) is 0 Å². The second-order valence-electron chi connectivity index (χ2n) is 12.3. The van der Waals surface area contributed by atoms with Crippen molar-refractivity contribution in [2.24, 2.45) is 0 Å². The molecule has 6 aromatic carbocycles. The lowest BCUT2D eigenvalue weighted by Crippen LogP contribution is -2.28. The Morgan fingerprint density at radius 1 is 0.426 bits per heavy atom. The van der Waals surface area contributed by atoms with Gasteiger partial charge in [-0.2, -0.15) is 0 Å². The van der Waals surface area contributed by atoms with Gasteiger partial charge in [0.05, 0.1) is 18.6 Å². The van der Waals surface area contributed by atoms with Crippen molar-refractivity contribution in [3.8, 4) is 22.6 Å². The van der Waals surface area contributed by atoms with Gasteiger partial charge in [0, 0.05) is 11.4 Å². The standard InChI is InChI=1S/C43H40N2O2/c44-35-21-25-37(26-22-35)46-29-5-7-31-13-17-33(18-14-31)43(41-11-3-1-9-39(41)40-10-2-4-12-42(40)43)34-19-15-32(16-20-34)8-6-30-47-38-27-23-36(45)24-28-38/h1-4,9-28H,5-8,29-30,44-45H2. The average molecular weight is 617 g/mol. The van der Waals surface area contributed by atoms with Crippen molar-refractivity contribution in [3.05, 3.63) is 179 Å². The topological polar surface area (TPSA) is 70.5 Å². The van der Waals surface area contributed by atoms with Gasteiger partial charge < -0.3 is 20.9 Å². The fourth-order valence-corrected chi connectivity index (χ4v) is 6.93. The summed E-state index contributed by atoms with van der Waals surface area (Å²) in [5, 5.41) is 0. The molecule has 4 nitrogen and oxygen atoms in total. The molecule has 0 unspecified atom stereocenters. The first-order valence-electron chi connectivity index (χ1n) is 16.5. The van der Waals surface area contributed by atoms with E-state index in [0.717, 1.165) is 48.6 Å².